The summed E-state index contributed by atoms with van der Waals surface area (Å²) in [5, 5.41) is 9.70. The van der Waals surface area contributed by atoms with Gasteiger partial charge in [0.15, 0.2) is 17.6 Å². The molecule has 3 rings (SSSR count). The molecule has 0 fully saturated rings. The Balaban J connectivity index is 2.18. The van der Waals surface area contributed by atoms with E-state index >= 15 is 0 Å². The molecule has 1 aromatic heterocycles. The van der Waals surface area contributed by atoms with Gasteiger partial charge in [0.2, 0.25) is 0 Å². The van der Waals surface area contributed by atoms with Gasteiger partial charge in [0.1, 0.15) is 5.92 Å². The Morgan fingerprint density at radius 2 is 1.92 bits per heavy atom. The molecule has 2 atom stereocenters. The lowest BCUT2D eigenvalue weighted by atomic mass is 9.85. The predicted molar refractivity (Wildman–Crippen MR) is 82.3 cm³/mol. The second-order valence-corrected chi connectivity index (χ2v) is 5.19. The fourth-order valence-electron chi connectivity index (χ4n) is 2.78. The molecular weight excluding hydrogens is 314 g/mol. The first kappa shape index (κ1) is 15.8. The number of methoxy groups -OCH3 is 2. The van der Waals surface area contributed by atoms with E-state index in [0.29, 0.717) is 22.8 Å². The fraction of sp³-hybridized carbons (Fsp3) is 0.235. The van der Waals surface area contributed by atoms with E-state index in [1.165, 1.54) is 32.5 Å². The molecule has 0 spiro atoms. The van der Waals surface area contributed by atoms with Gasteiger partial charge in [-0.15, -0.1) is 0 Å². The summed E-state index contributed by atoms with van der Waals surface area (Å²) in [7, 11) is 2.88. The number of carboxylic acids is 1. The largest absolute Gasteiger partial charge is 0.493 e. The highest BCUT2D eigenvalue weighted by Gasteiger charge is 2.42. The van der Waals surface area contributed by atoms with Gasteiger partial charge in [-0.1, -0.05) is 6.07 Å². The predicted octanol–water partition coefficient (Wildman–Crippen LogP) is 2.18. The van der Waals surface area contributed by atoms with Crippen LogP contribution in [0.2, 0.25) is 0 Å². The Hall–Kier alpha value is -3.09. The number of pyridine rings is 1. The zero-order chi connectivity index (χ0) is 17.3. The number of hydrogen-bond acceptors (Lipinski definition) is 6. The summed E-state index contributed by atoms with van der Waals surface area (Å²) in [4.78, 5) is 28.4. The molecule has 0 aliphatic carbocycles. The monoisotopic (exact) mass is 329 g/mol. The van der Waals surface area contributed by atoms with E-state index in [-0.39, 0.29) is 5.56 Å². The zero-order valence-corrected chi connectivity index (χ0v) is 13.1. The number of hydrogen-bond donors (Lipinski definition) is 1. The summed E-state index contributed by atoms with van der Waals surface area (Å²) in [6.45, 7) is 0. The Labute approximate surface area is 137 Å². The van der Waals surface area contributed by atoms with Crippen LogP contribution in [0, 0.1) is 0 Å². The summed E-state index contributed by atoms with van der Waals surface area (Å²) in [5.41, 5.74) is 0.831. The van der Waals surface area contributed by atoms with Gasteiger partial charge < -0.3 is 19.3 Å². The van der Waals surface area contributed by atoms with Crippen LogP contribution in [0.15, 0.2) is 36.5 Å². The number of aromatic nitrogens is 1. The van der Waals surface area contributed by atoms with E-state index in [4.69, 9.17) is 14.2 Å². The Morgan fingerprint density at radius 3 is 2.50 bits per heavy atom. The number of ether oxygens (including phenoxy) is 3. The molecule has 1 aliphatic heterocycles. The number of carbonyl (C=O) groups excluding carboxylic acids is 1. The van der Waals surface area contributed by atoms with E-state index in [0.717, 1.165) is 0 Å². The number of fused-ring (bicyclic) bond motifs is 1. The zero-order valence-electron chi connectivity index (χ0n) is 13.1. The van der Waals surface area contributed by atoms with Crippen molar-refractivity contribution in [2.75, 3.05) is 14.2 Å². The van der Waals surface area contributed by atoms with Gasteiger partial charge >= 0.3 is 11.9 Å². The smallest absolute Gasteiger partial charge is 0.339 e. The molecule has 0 saturated carbocycles. The van der Waals surface area contributed by atoms with Gasteiger partial charge in [-0.3, -0.25) is 9.78 Å². The SMILES string of the molecule is COc1cc2c(cc1OC)[C@H](C(=O)O)[C@@H](c1ccccn1)OC2=O. The van der Waals surface area contributed by atoms with Crippen LogP contribution in [0.3, 0.4) is 0 Å². The molecule has 2 heterocycles. The van der Waals surface area contributed by atoms with E-state index < -0.39 is 24.0 Å². The van der Waals surface area contributed by atoms with Gasteiger partial charge in [0.05, 0.1) is 25.5 Å². The molecule has 0 radical (unpaired) electrons. The Morgan fingerprint density at radius 1 is 1.21 bits per heavy atom. The lowest BCUT2D eigenvalue weighted by Crippen LogP contribution is -2.31. The first-order chi connectivity index (χ1) is 11.6. The third-order valence-corrected chi connectivity index (χ3v) is 3.89. The maximum Gasteiger partial charge on any atom is 0.339 e. The average molecular weight is 329 g/mol. The van der Waals surface area contributed by atoms with Crippen molar-refractivity contribution in [3.63, 3.8) is 0 Å². The molecule has 0 amide bonds. The highest BCUT2D eigenvalue weighted by molar-refractivity contribution is 5.97. The summed E-state index contributed by atoms with van der Waals surface area (Å²) in [5.74, 6) is -2.16. The standard InChI is InChI=1S/C17H15NO6/c1-22-12-7-9-10(8-13(12)23-2)17(21)24-15(14(9)16(19)20)11-5-3-4-6-18-11/h3-8,14-15H,1-2H3,(H,19,20)/t14-,15+/m0/s1. The number of rotatable bonds is 4. The number of esters is 1. The average Bonchev–Trinajstić information content (AvgIpc) is 2.60. The van der Waals surface area contributed by atoms with Crippen molar-refractivity contribution in [2.45, 2.75) is 12.0 Å². The molecule has 7 nitrogen and oxygen atoms in total. The van der Waals surface area contributed by atoms with Crippen LogP contribution >= 0.6 is 0 Å². The molecule has 0 unspecified atom stereocenters. The minimum Gasteiger partial charge on any atom is -0.493 e. The molecule has 2 aromatic rings. The van der Waals surface area contributed by atoms with Gasteiger partial charge in [-0.05, 0) is 29.8 Å². The number of carboxylic acid groups (broad SMARTS) is 1. The molecule has 0 bridgehead atoms. The van der Waals surface area contributed by atoms with Crippen molar-refractivity contribution < 1.29 is 28.9 Å². The van der Waals surface area contributed by atoms with Crippen molar-refractivity contribution in [1.29, 1.82) is 0 Å². The number of carbonyl (C=O) groups is 2. The molecule has 0 saturated heterocycles. The van der Waals surface area contributed by atoms with E-state index in [2.05, 4.69) is 4.98 Å². The highest BCUT2D eigenvalue weighted by Crippen LogP contribution is 2.44. The quantitative estimate of drug-likeness (QED) is 0.859. The third-order valence-electron chi connectivity index (χ3n) is 3.89. The number of benzene rings is 1. The van der Waals surface area contributed by atoms with Crippen LogP contribution in [0.1, 0.15) is 33.6 Å². The van der Waals surface area contributed by atoms with Crippen LogP contribution in [0.4, 0.5) is 0 Å². The first-order valence-electron chi connectivity index (χ1n) is 7.17. The summed E-state index contributed by atoms with van der Waals surface area (Å²) < 4.78 is 15.8. The van der Waals surface area contributed by atoms with Gasteiger partial charge in [0.25, 0.3) is 0 Å². The van der Waals surface area contributed by atoms with Crippen molar-refractivity contribution in [2.24, 2.45) is 0 Å². The van der Waals surface area contributed by atoms with Crippen molar-refractivity contribution in [1.82, 2.24) is 4.98 Å². The highest BCUT2D eigenvalue weighted by atomic mass is 16.5. The van der Waals surface area contributed by atoms with Crippen LogP contribution in [0.25, 0.3) is 0 Å². The van der Waals surface area contributed by atoms with Gasteiger partial charge in [-0.25, -0.2) is 4.79 Å². The molecule has 124 valence electrons. The van der Waals surface area contributed by atoms with Crippen LogP contribution in [-0.2, 0) is 9.53 Å². The lowest BCUT2D eigenvalue weighted by molar-refractivity contribution is -0.142. The van der Waals surface area contributed by atoms with E-state index in [1.54, 1.807) is 18.2 Å². The molecule has 1 aromatic carbocycles. The van der Waals surface area contributed by atoms with Gasteiger partial charge in [0, 0.05) is 6.20 Å². The number of cyclic esters (lactones) is 1. The van der Waals surface area contributed by atoms with E-state index in [9.17, 15) is 14.7 Å². The number of nitrogens with zero attached hydrogens (tertiary/aromatic N) is 1. The minimum atomic E-state index is -1.12. The third kappa shape index (κ3) is 2.54. The van der Waals surface area contributed by atoms with Crippen molar-refractivity contribution in [3.05, 3.63) is 53.3 Å². The van der Waals surface area contributed by atoms with Crippen molar-refractivity contribution in [3.8, 4) is 11.5 Å². The first-order valence-corrected chi connectivity index (χ1v) is 7.17. The molecule has 1 aliphatic rings. The lowest BCUT2D eigenvalue weighted by Gasteiger charge is -2.30. The minimum absolute atomic E-state index is 0.146. The van der Waals surface area contributed by atoms with Crippen molar-refractivity contribution >= 4 is 11.9 Å². The fourth-order valence-corrected chi connectivity index (χ4v) is 2.78. The second-order valence-electron chi connectivity index (χ2n) is 5.19. The molecule has 7 heteroatoms. The van der Waals surface area contributed by atoms with Crippen LogP contribution in [0.5, 0.6) is 11.5 Å². The second kappa shape index (κ2) is 6.19. The molecule has 1 N–H and O–H groups in total. The van der Waals surface area contributed by atoms with Crippen LogP contribution < -0.4 is 9.47 Å². The van der Waals surface area contributed by atoms with E-state index in [1.807, 2.05) is 0 Å². The van der Waals surface area contributed by atoms with Crippen LogP contribution in [-0.4, -0.2) is 36.2 Å². The molecular formula is C17H15NO6. The van der Waals surface area contributed by atoms with Gasteiger partial charge in [-0.2, -0.15) is 0 Å². The number of aliphatic carboxylic acids is 1. The summed E-state index contributed by atoms with van der Waals surface area (Å²) in [6.07, 6.45) is 0.508. The summed E-state index contributed by atoms with van der Waals surface area (Å²) in [6, 6.07) is 7.97. The Bertz CT molecular complexity index is 789. The topological polar surface area (TPSA) is 95.0 Å². The normalized spacial score (nSPS) is 19.2. The maximum absolute atomic E-state index is 12.4. The molecule has 24 heavy (non-hydrogen) atoms. The Kier molecular flexibility index (Phi) is 4.07. The summed E-state index contributed by atoms with van der Waals surface area (Å²) >= 11 is 0. The maximum atomic E-state index is 12.4.